The molecule has 1 amide bonds. The van der Waals surface area contributed by atoms with E-state index in [1.54, 1.807) is 6.33 Å². The first-order chi connectivity index (χ1) is 15.7. The third kappa shape index (κ3) is 4.44. The van der Waals surface area contributed by atoms with Crippen LogP contribution in [0.2, 0.25) is 5.02 Å². The van der Waals surface area contributed by atoms with Crippen molar-refractivity contribution >= 4 is 34.5 Å². The van der Waals surface area contributed by atoms with E-state index in [-0.39, 0.29) is 11.8 Å². The van der Waals surface area contributed by atoms with Crippen LogP contribution in [0.3, 0.4) is 0 Å². The molecule has 0 bridgehead atoms. The number of carbonyl (C=O) groups is 1. The molecule has 0 unspecified atom stereocenters. The van der Waals surface area contributed by atoms with Gasteiger partial charge in [-0.15, -0.1) is 0 Å². The van der Waals surface area contributed by atoms with Gasteiger partial charge in [-0.3, -0.25) is 4.79 Å². The van der Waals surface area contributed by atoms with Gasteiger partial charge in [-0.25, -0.2) is 15.0 Å². The Morgan fingerprint density at radius 2 is 1.97 bits per heavy atom. The van der Waals surface area contributed by atoms with Gasteiger partial charge in [0.1, 0.15) is 12.2 Å². The first kappa shape index (κ1) is 21.2. The number of hydrogen-bond acceptors (Lipinski definition) is 5. The number of halogens is 1. The second kappa shape index (κ2) is 9.45. The summed E-state index contributed by atoms with van der Waals surface area (Å²) in [5.41, 5.74) is 2.98. The van der Waals surface area contributed by atoms with Crippen LogP contribution < -0.4 is 10.2 Å². The zero-order chi connectivity index (χ0) is 21.9. The van der Waals surface area contributed by atoms with E-state index in [1.165, 1.54) is 24.8 Å². The summed E-state index contributed by atoms with van der Waals surface area (Å²) >= 11 is 5.95. The Bertz CT molecular complexity index is 1100. The molecule has 2 aliphatic heterocycles. The van der Waals surface area contributed by atoms with Crippen molar-refractivity contribution in [3.05, 3.63) is 47.0 Å². The summed E-state index contributed by atoms with van der Waals surface area (Å²) in [4.78, 5) is 29.2. The number of anilines is 1. The molecule has 0 aliphatic carbocycles. The molecule has 0 saturated carbocycles. The molecule has 0 spiro atoms. The number of fused-ring (bicyclic) bond motifs is 3. The lowest BCUT2D eigenvalue weighted by atomic mass is 9.97. The summed E-state index contributed by atoms with van der Waals surface area (Å²) in [5.74, 6) is 2.07. The monoisotopic (exact) mass is 452 g/mol. The van der Waals surface area contributed by atoms with Crippen molar-refractivity contribution in [1.29, 1.82) is 0 Å². The predicted molar refractivity (Wildman–Crippen MR) is 126 cm³/mol. The molecule has 4 heterocycles. The van der Waals surface area contributed by atoms with Gasteiger partial charge in [0, 0.05) is 37.6 Å². The zero-order valence-corrected chi connectivity index (χ0v) is 19.0. The lowest BCUT2D eigenvalue weighted by Crippen LogP contribution is -2.44. The Hall–Kier alpha value is -2.67. The summed E-state index contributed by atoms with van der Waals surface area (Å²) in [5, 5.41) is 3.85. The number of nitrogens with one attached hydrogen (secondary N) is 1. The van der Waals surface area contributed by atoms with E-state index in [9.17, 15) is 4.79 Å². The molecule has 2 aromatic heterocycles. The first-order valence-electron chi connectivity index (χ1n) is 11.7. The lowest BCUT2D eigenvalue weighted by Gasteiger charge is -2.32. The molecule has 1 atom stereocenters. The Kier molecular flexibility index (Phi) is 6.26. The summed E-state index contributed by atoms with van der Waals surface area (Å²) < 4.78 is 2.26. The number of aryl methyl sites for hydroxylation is 2. The molecular formula is C24H29ClN6O. The smallest absolute Gasteiger partial charge is 0.224 e. The largest absolute Gasteiger partial charge is 0.355 e. The molecule has 7 nitrogen and oxygen atoms in total. The highest BCUT2D eigenvalue weighted by atomic mass is 35.5. The first-order valence-corrected chi connectivity index (χ1v) is 12.0. The molecule has 5 rings (SSSR count). The van der Waals surface area contributed by atoms with E-state index in [1.807, 2.05) is 24.3 Å². The number of rotatable bonds is 5. The van der Waals surface area contributed by atoms with E-state index in [0.717, 1.165) is 66.6 Å². The van der Waals surface area contributed by atoms with Crippen molar-refractivity contribution in [3.63, 3.8) is 0 Å². The number of nitrogens with zero attached hydrogens (tertiary/aromatic N) is 5. The number of hydrogen-bond donors (Lipinski definition) is 1. The number of amides is 1. The maximum Gasteiger partial charge on any atom is 0.224 e. The van der Waals surface area contributed by atoms with Gasteiger partial charge in [-0.2, -0.15) is 0 Å². The van der Waals surface area contributed by atoms with Gasteiger partial charge in [-0.1, -0.05) is 30.2 Å². The molecule has 3 aromatic rings. The van der Waals surface area contributed by atoms with E-state index in [0.29, 0.717) is 13.1 Å². The zero-order valence-electron chi connectivity index (χ0n) is 18.3. The van der Waals surface area contributed by atoms with Gasteiger partial charge in [0.25, 0.3) is 0 Å². The van der Waals surface area contributed by atoms with Crippen LogP contribution in [0.4, 0.5) is 5.82 Å². The minimum atomic E-state index is -0.0422. The van der Waals surface area contributed by atoms with E-state index < -0.39 is 0 Å². The molecule has 1 fully saturated rings. The van der Waals surface area contributed by atoms with Crippen molar-refractivity contribution in [2.24, 2.45) is 5.92 Å². The molecule has 1 aromatic carbocycles. The number of benzene rings is 1. The standard InChI is InChI=1S/C24H29ClN6O/c25-19-9-7-17(8-10-19)11-12-26-24(32)18-5-4-13-30(15-18)22-21-23(28-16-27-22)31-14-3-1-2-6-20(31)29-21/h7-10,16,18H,1-6,11-15H2,(H,26,32)/t18-/m0/s1. The van der Waals surface area contributed by atoms with Crippen LogP contribution in [0.25, 0.3) is 11.2 Å². The Balaban J connectivity index is 1.26. The van der Waals surface area contributed by atoms with Crippen molar-refractivity contribution in [2.45, 2.75) is 51.5 Å². The van der Waals surface area contributed by atoms with Gasteiger partial charge in [0.05, 0.1) is 5.92 Å². The van der Waals surface area contributed by atoms with Crippen LogP contribution in [0.1, 0.15) is 43.5 Å². The third-order valence-electron chi connectivity index (χ3n) is 6.59. The average molecular weight is 453 g/mol. The van der Waals surface area contributed by atoms with Crippen molar-refractivity contribution in [2.75, 3.05) is 24.5 Å². The maximum atomic E-state index is 12.9. The minimum Gasteiger partial charge on any atom is -0.355 e. The fourth-order valence-electron chi connectivity index (χ4n) is 4.87. The highest BCUT2D eigenvalue weighted by molar-refractivity contribution is 6.30. The molecule has 8 heteroatoms. The van der Waals surface area contributed by atoms with Crippen molar-refractivity contribution in [3.8, 4) is 0 Å². The summed E-state index contributed by atoms with van der Waals surface area (Å²) in [7, 11) is 0. The maximum absolute atomic E-state index is 12.9. The second-order valence-corrected chi connectivity index (χ2v) is 9.25. The average Bonchev–Trinajstić information content (AvgIpc) is 3.01. The molecule has 168 valence electrons. The molecule has 32 heavy (non-hydrogen) atoms. The normalized spacial score (nSPS) is 18.9. The highest BCUT2D eigenvalue weighted by Crippen LogP contribution is 2.29. The Morgan fingerprint density at radius 1 is 1.09 bits per heavy atom. The number of aromatic nitrogens is 4. The van der Waals surface area contributed by atoms with Gasteiger partial charge in [-0.05, 0) is 49.8 Å². The Labute approximate surface area is 193 Å². The fourth-order valence-corrected chi connectivity index (χ4v) is 4.99. The van der Waals surface area contributed by atoms with Gasteiger partial charge < -0.3 is 14.8 Å². The van der Waals surface area contributed by atoms with Gasteiger partial charge in [0.2, 0.25) is 5.91 Å². The SMILES string of the molecule is O=C(NCCc1ccc(Cl)cc1)[C@H]1CCCN(c2ncnc3c2nc2n3CCCCC2)C1. The van der Waals surface area contributed by atoms with Crippen LogP contribution in [0.5, 0.6) is 0 Å². The fraction of sp³-hybridized carbons (Fsp3) is 0.500. The van der Waals surface area contributed by atoms with Gasteiger partial charge in [0.15, 0.2) is 17.0 Å². The molecule has 1 N–H and O–H groups in total. The van der Waals surface area contributed by atoms with Crippen LogP contribution in [0.15, 0.2) is 30.6 Å². The quantitative estimate of drug-likeness (QED) is 0.637. The van der Waals surface area contributed by atoms with Crippen molar-refractivity contribution in [1.82, 2.24) is 24.8 Å². The summed E-state index contributed by atoms with van der Waals surface area (Å²) in [6.07, 6.45) is 8.89. The highest BCUT2D eigenvalue weighted by Gasteiger charge is 2.28. The number of imidazole rings is 1. The third-order valence-corrected chi connectivity index (χ3v) is 6.84. The molecule has 0 radical (unpaired) electrons. The van der Waals surface area contributed by atoms with Gasteiger partial charge >= 0.3 is 0 Å². The van der Waals surface area contributed by atoms with Crippen LogP contribution in [0, 0.1) is 5.92 Å². The minimum absolute atomic E-state index is 0.0422. The van der Waals surface area contributed by atoms with E-state index in [4.69, 9.17) is 16.6 Å². The van der Waals surface area contributed by atoms with Crippen LogP contribution in [-0.2, 0) is 24.2 Å². The number of carbonyl (C=O) groups excluding carboxylic acids is 1. The summed E-state index contributed by atoms with van der Waals surface area (Å²) in [6, 6.07) is 7.78. The van der Waals surface area contributed by atoms with E-state index >= 15 is 0 Å². The van der Waals surface area contributed by atoms with E-state index in [2.05, 4.69) is 24.8 Å². The topological polar surface area (TPSA) is 75.9 Å². The summed E-state index contributed by atoms with van der Waals surface area (Å²) in [6.45, 7) is 3.16. The lowest BCUT2D eigenvalue weighted by molar-refractivity contribution is -0.125. The molecule has 1 saturated heterocycles. The van der Waals surface area contributed by atoms with Crippen LogP contribution in [-0.4, -0.2) is 45.1 Å². The molecular weight excluding hydrogens is 424 g/mol. The Morgan fingerprint density at radius 3 is 2.84 bits per heavy atom. The van der Waals surface area contributed by atoms with Crippen molar-refractivity contribution < 1.29 is 4.79 Å². The molecule has 2 aliphatic rings. The second-order valence-electron chi connectivity index (χ2n) is 8.81. The predicted octanol–water partition coefficient (Wildman–Crippen LogP) is 3.78. The number of piperidine rings is 1. The van der Waals surface area contributed by atoms with Crippen LogP contribution >= 0.6 is 11.6 Å².